The second-order valence-corrected chi connectivity index (χ2v) is 4.89. The van der Waals surface area contributed by atoms with Gasteiger partial charge in [0.05, 0.1) is 12.7 Å². The summed E-state index contributed by atoms with van der Waals surface area (Å²) >= 11 is 0. The summed E-state index contributed by atoms with van der Waals surface area (Å²) in [7, 11) is 0. The molecule has 2 fully saturated rings. The third-order valence-electron chi connectivity index (χ3n) is 3.86. The van der Waals surface area contributed by atoms with Crippen LogP contribution in [0.15, 0.2) is 0 Å². The molecule has 2 heterocycles. The number of fused-ring (bicyclic) bond motifs is 1. The molecule has 76 valence electrons. The summed E-state index contributed by atoms with van der Waals surface area (Å²) in [4.78, 5) is 2.61. The predicted octanol–water partition coefficient (Wildman–Crippen LogP) is 1.90. The van der Waals surface area contributed by atoms with E-state index >= 15 is 0 Å². The lowest BCUT2D eigenvalue weighted by atomic mass is 9.78. The Morgan fingerprint density at radius 2 is 2.23 bits per heavy atom. The van der Waals surface area contributed by atoms with Crippen molar-refractivity contribution in [2.45, 2.75) is 45.3 Å². The largest absolute Gasteiger partial charge is 0.377 e. The first-order chi connectivity index (χ1) is 6.15. The Balaban J connectivity index is 1.94. The normalized spacial score (nSPS) is 39.2. The average Bonchev–Trinajstić information content (AvgIpc) is 2.21. The molecule has 2 aliphatic heterocycles. The van der Waals surface area contributed by atoms with E-state index in [9.17, 15) is 0 Å². The molecule has 0 aromatic rings. The van der Waals surface area contributed by atoms with Crippen molar-refractivity contribution in [3.8, 4) is 0 Å². The van der Waals surface area contributed by atoms with Crippen molar-refractivity contribution in [2.75, 3.05) is 19.7 Å². The quantitative estimate of drug-likeness (QED) is 0.662. The molecule has 2 rings (SSSR count). The molecule has 0 saturated carbocycles. The monoisotopic (exact) mass is 183 g/mol. The highest BCUT2D eigenvalue weighted by atomic mass is 16.5. The summed E-state index contributed by atoms with van der Waals surface area (Å²) in [5.41, 5.74) is 0.435. The molecule has 0 aliphatic carbocycles. The second kappa shape index (κ2) is 3.25. The van der Waals surface area contributed by atoms with E-state index in [2.05, 4.69) is 25.7 Å². The van der Waals surface area contributed by atoms with Gasteiger partial charge in [-0.25, -0.2) is 0 Å². The highest BCUT2D eigenvalue weighted by Gasteiger charge is 2.52. The molecule has 0 radical (unpaired) electrons. The van der Waals surface area contributed by atoms with Crippen LogP contribution >= 0.6 is 0 Å². The SMILES string of the molecule is CC(C)OC[C@@]12CCN1CC[C@@H]2C. The van der Waals surface area contributed by atoms with Gasteiger partial charge >= 0.3 is 0 Å². The summed E-state index contributed by atoms with van der Waals surface area (Å²) in [5.74, 6) is 0.833. The van der Waals surface area contributed by atoms with Gasteiger partial charge in [0, 0.05) is 12.1 Å². The third kappa shape index (κ3) is 1.40. The van der Waals surface area contributed by atoms with Gasteiger partial charge in [-0.3, -0.25) is 4.90 Å². The predicted molar refractivity (Wildman–Crippen MR) is 53.8 cm³/mol. The first-order valence-corrected chi connectivity index (χ1v) is 5.52. The maximum atomic E-state index is 5.78. The van der Waals surface area contributed by atoms with E-state index in [1.165, 1.54) is 25.9 Å². The standard InChI is InChI=1S/C11H21NO/c1-9(2)13-8-11-5-7-12(11)6-4-10(11)3/h9-10H,4-8H2,1-3H3/t10-,11+/m0/s1. The Kier molecular flexibility index (Phi) is 2.37. The number of hydrogen-bond acceptors (Lipinski definition) is 2. The summed E-state index contributed by atoms with van der Waals surface area (Å²) in [6, 6.07) is 0. The molecule has 2 saturated heterocycles. The van der Waals surface area contributed by atoms with Crippen molar-refractivity contribution in [3.05, 3.63) is 0 Å². The third-order valence-corrected chi connectivity index (χ3v) is 3.86. The first-order valence-electron chi connectivity index (χ1n) is 5.52. The number of hydrogen-bond donors (Lipinski definition) is 0. The summed E-state index contributed by atoms with van der Waals surface area (Å²) in [6.45, 7) is 10.2. The van der Waals surface area contributed by atoms with E-state index in [1.54, 1.807) is 0 Å². The minimum Gasteiger partial charge on any atom is -0.377 e. The minimum absolute atomic E-state index is 0.379. The Labute approximate surface area is 81.3 Å². The number of ether oxygens (including phenoxy) is 1. The van der Waals surface area contributed by atoms with Gasteiger partial charge in [-0.15, -0.1) is 0 Å². The van der Waals surface area contributed by atoms with Gasteiger partial charge in [0.15, 0.2) is 0 Å². The first kappa shape index (κ1) is 9.47. The van der Waals surface area contributed by atoms with Gasteiger partial charge in [0.25, 0.3) is 0 Å². The van der Waals surface area contributed by atoms with E-state index in [-0.39, 0.29) is 0 Å². The molecule has 13 heavy (non-hydrogen) atoms. The van der Waals surface area contributed by atoms with Crippen LogP contribution in [0.5, 0.6) is 0 Å². The van der Waals surface area contributed by atoms with Crippen molar-refractivity contribution in [2.24, 2.45) is 5.92 Å². The average molecular weight is 183 g/mol. The molecule has 0 amide bonds. The van der Waals surface area contributed by atoms with Crippen LogP contribution in [-0.4, -0.2) is 36.2 Å². The van der Waals surface area contributed by atoms with Crippen LogP contribution in [0, 0.1) is 5.92 Å². The highest BCUT2D eigenvalue weighted by Crippen LogP contribution is 2.44. The van der Waals surface area contributed by atoms with E-state index in [4.69, 9.17) is 4.74 Å². The maximum Gasteiger partial charge on any atom is 0.0657 e. The molecule has 0 N–H and O–H groups in total. The molecule has 2 atom stereocenters. The lowest BCUT2D eigenvalue weighted by Crippen LogP contribution is -2.61. The van der Waals surface area contributed by atoms with Crippen LogP contribution in [0.2, 0.25) is 0 Å². The summed E-state index contributed by atoms with van der Waals surface area (Å²) in [6.07, 6.45) is 3.09. The van der Waals surface area contributed by atoms with Gasteiger partial charge in [0.1, 0.15) is 0 Å². The zero-order valence-electron chi connectivity index (χ0n) is 9.05. The van der Waals surface area contributed by atoms with Crippen molar-refractivity contribution in [3.63, 3.8) is 0 Å². The van der Waals surface area contributed by atoms with Gasteiger partial charge in [-0.2, -0.15) is 0 Å². The summed E-state index contributed by atoms with van der Waals surface area (Å²) in [5, 5.41) is 0. The van der Waals surface area contributed by atoms with Crippen molar-refractivity contribution in [1.82, 2.24) is 4.90 Å². The van der Waals surface area contributed by atoms with Gasteiger partial charge in [-0.1, -0.05) is 6.92 Å². The molecular weight excluding hydrogens is 162 g/mol. The zero-order chi connectivity index (χ0) is 9.47. The fourth-order valence-corrected chi connectivity index (χ4v) is 2.68. The highest BCUT2D eigenvalue weighted by molar-refractivity contribution is 5.07. The number of rotatable bonds is 3. The molecule has 2 heteroatoms. The maximum absolute atomic E-state index is 5.78. The van der Waals surface area contributed by atoms with Crippen molar-refractivity contribution in [1.29, 1.82) is 0 Å². The lowest BCUT2D eigenvalue weighted by molar-refractivity contribution is -0.0820. The van der Waals surface area contributed by atoms with Gasteiger partial charge in [-0.05, 0) is 39.2 Å². The molecule has 0 bridgehead atoms. The Bertz CT molecular complexity index is 185. The molecule has 2 aliphatic rings. The molecule has 0 aromatic heterocycles. The zero-order valence-corrected chi connectivity index (χ0v) is 9.05. The van der Waals surface area contributed by atoms with E-state index in [0.29, 0.717) is 11.6 Å². The Morgan fingerprint density at radius 3 is 2.69 bits per heavy atom. The van der Waals surface area contributed by atoms with E-state index < -0.39 is 0 Å². The molecule has 2 nitrogen and oxygen atoms in total. The Morgan fingerprint density at radius 1 is 1.46 bits per heavy atom. The summed E-state index contributed by atoms with van der Waals surface area (Å²) < 4.78 is 5.78. The van der Waals surface area contributed by atoms with Crippen LogP contribution in [-0.2, 0) is 4.74 Å². The lowest BCUT2D eigenvalue weighted by Gasteiger charge is -2.50. The van der Waals surface area contributed by atoms with Crippen LogP contribution in [0.1, 0.15) is 33.6 Å². The van der Waals surface area contributed by atoms with E-state index in [0.717, 1.165) is 12.5 Å². The number of nitrogens with zero attached hydrogens (tertiary/aromatic N) is 1. The van der Waals surface area contributed by atoms with Gasteiger partial charge < -0.3 is 4.74 Å². The molecule has 0 unspecified atom stereocenters. The van der Waals surface area contributed by atoms with E-state index in [1.807, 2.05) is 0 Å². The Hall–Kier alpha value is -0.0800. The molecular formula is C11H21NO. The second-order valence-electron chi connectivity index (χ2n) is 4.89. The van der Waals surface area contributed by atoms with Crippen LogP contribution < -0.4 is 0 Å². The van der Waals surface area contributed by atoms with Crippen LogP contribution in [0.4, 0.5) is 0 Å². The fourth-order valence-electron chi connectivity index (χ4n) is 2.68. The topological polar surface area (TPSA) is 12.5 Å². The van der Waals surface area contributed by atoms with Crippen molar-refractivity contribution >= 4 is 0 Å². The minimum atomic E-state index is 0.379. The van der Waals surface area contributed by atoms with Crippen molar-refractivity contribution < 1.29 is 4.74 Å². The molecule has 0 aromatic carbocycles. The fraction of sp³-hybridized carbons (Fsp3) is 1.00. The smallest absolute Gasteiger partial charge is 0.0657 e. The van der Waals surface area contributed by atoms with Crippen LogP contribution in [0.25, 0.3) is 0 Å². The molecule has 0 spiro atoms. The van der Waals surface area contributed by atoms with Crippen LogP contribution in [0.3, 0.4) is 0 Å². The van der Waals surface area contributed by atoms with Gasteiger partial charge in [0.2, 0.25) is 0 Å².